The number of halogens is 4. The maximum absolute atomic E-state index is 17.6. The number of methoxy groups -OCH3 is 1. The molecule has 52 heavy (non-hydrogen) atoms. The molecule has 2 bridgehead atoms. The standard InChI is InChI=1S/C39H42F4N6O3/c1-5-24-27(40)11-9-21-15-23(52-20-50-4)16-25(31(21)24)34-33(41)35-32-29(45-34)7-6-8-30-28-12-10-22(44-28)17-49(30)37(32)47-38(46-35)51-19-39(2)18-48(3)14-13-26(39)36(42)43/h1,9,11,15-16,22,26,28,30,36,44H,6-8,10,12-14,17-20H2,2-4H3/t22-,26-,28+,30-,39+/m1/s1/i3D3,19D2. The van der Waals surface area contributed by atoms with Crippen LogP contribution >= 0.6 is 0 Å². The number of fused-ring (bicyclic) bond motifs is 6. The number of nitrogens with one attached hydrogen (secondary N) is 1. The molecule has 2 aromatic heterocycles. The van der Waals surface area contributed by atoms with Crippen LogP contribution in [0.2, 0.25) is 0 Å². The second-order valence-electron chi connectivity index (χ2n) is 14.4. The van der Waals surface area contributed by atoms with Gasteiger partial charge in [-0.3, -0.25) is 0 Å². The number of likely N-dealkylation sites (tertiary alicyclic amines) is 1. The van der Waals surface area contributed by atoms with Gasteiger partial charge in [0, 0.05) is 64.7 Å². The number of benzene rings is 2. The highest BCUT2D eigenvalue weighted by molar-refractivity contribution is 6.03. The molecule has 274 valence electrons. The van der Waals surface area contributed by atoms with Crippen LogP contribution < -0.4 is 19.7 Å². The zero-order valence-corrected chi connectivity index (χ0v) is 28.8. The monoisotopic (exact) mass is 723 g/mol. The summed E-state index contributed by atoms with van der Waals surface area (Å²) in [5.74, 6) is -0.332. The van der Waals surface area contributed by atoms with E-state index < -0.39 is 55.5 Å². The molecule has 6 heterocycles. The summed E-state index contributed by atoms with van der Waals surface area (Å²) in [7, 11) is 1.44. The number of aryl methyl sites for hydroxylation is 1. The first-order valence-electron chi connectivity index (χ1n) is 20.0. The lowest BCUT2D eigenvalue weighted by Gasteiger charge is -2.44. The van der Waals surface area contributed by atoms with Crippen LogP contribution in [0.1, 0.15) is 57.1 Å². The van der Waals surface area contributed by atoms with Gasteiger partial charge in [-0.25, -0.2) is 22.5 Å². The predicted octanol–water partition coefficient (Wildman–Crippen LogP) is 6.33. The van der Waals surface area contributed by atoms with E-state index in [2.05, 4.69) is 21.1 Å². The number of aromatic nitrogens is 3. The summed E-state index contributed by atoms with van der Waals surface area (Å²) in [6.45, 7) is -4.83. The molecule has 0 radical (unpaired) electrons. The number of hydrogen-bond donors (Lipinski definition) is 1. The molecule has 3 saturated heterocycles. The van der Waals surface area contributed by atoms with Crippen LogP contribution in [-0.4, -0.2) is 91.5 Å². The summed E-state index contributed by atoms with van der Waals surface area (Å²) in [6, 6.07) is 5.34. The minimum Gasteiger partial charge on any atom is -0.468 e. The molecule has 4 aliphatic heterocycles. The predicted molar refractivity (Wildman–Crippen MR) is 190 cm³/mol. The quantitative estimate of drug-likeness (QED) is 0.127. The van der Waals surface area contributed by atoms with Gasteiger partial charge in [-0.2, -0.15) is 9.97 Å². The molecular weight excluding hydrogens is 676 g/mol. The number of ether oxygens (including phenoxy) is 3. The molecule has 0 spiro atoms. The Morgan fingerprint density at radius 1 is 1.13 bits per heavy atom. The van der Waals surface area contributed by atoms with Gasteiger partial charge in [0.05, 0.1) is 25.9 Å². The number of piperidine rings is 1. The van der Waals surface area contributed by atoms with Gasteiger partial charge in [0.2, 0.25) is 6.43 Å². The van der Waals surface area contributed by atoms with Crippen molar-refractivity contribution >= 4 is 27.5 Å². The summed E-state index contributed by atoms with van der Waals surface area (Å²) >= 11 is 0. The van der Waals surface area contributed by atoms with Crippen LogP contribution in [0.3, 0.4) is 0 Å². The van der Waals surface area contributed by atoms with Crippen molar-refractivity contribution in [1.29, 1.82) is 0 Å². The zero-order valence-electron chi connectivity index (χ0n) is 33.8. The van der Waals surface area contributed by atoms with Crippen LogP contribution in [0.15, 0.2) is 24.3 Å². The summed E-state index contributed by atoms with van der Waals surface area (Å²) in [6.07, 6.45) is 6.11. The number of alkyl halides is 2. The van der Waals surface area contributed by atoms with Crippen LogP contribution in [0, 0.1) is 35.3 Å². The fraction of sp³-hybridized carbons (Fsp3) is 0.513. The number of pyridine rings is 1. The Kier molecular flexibility index (Phi) is 7.66. The van der Waals surface area contributed by atoms with Gasteiger partial charge in [0.15, 0.2) is 12.6 Å². The maximum atomic E-state index is 17.6. The van der Waals surface area contributed by atoms with E-state index in [0.29, 0.717) is 30.5 Å². The van der Waals surface area contributed by atoms with Gasteiger partial charge in [-0.1, -0.05) is 18.9 Å². The number of hydrogen-bond acceptors (Lipinski definition) is 9. The smallest absolute Gasteiger partial charge is 0.319 e. The van der Waals surface area contributed by atoms with E-state index in [1.807, 2.05) is 0 Å². The van der Waals surface area contributed by atoms with Crippen molar-refractivity contribution in [3.63, 3.8) is 0 Å². The number of nitrogens with zero attached hydrogens (tertiary/aromatic N) is 5. The van der Waals surface area contributed by atoms with Crippen molar-refractivity contribution in [2.75, 3.05) is 52.0 Å². The molecule has 3 fully saturated rings. The fourth-order valence-electron chi connectivity index (χ4n) is 8.62. The highest BCUT2D eigenvalue weighted by Gasteiger charge is 2.45. The third-order valence-corrected chi connectivity index (χ3v) is 11.1. The van der Waals surface area contributed by atoms with Crippen LogP contribution in [-0.2, 0) is 11.2 Å². The van der Waals surface area contributed by atoms with Gasteiger partial charge in [-0.15, -0.1) is 6.42 Å². The Labute approximate surface area is 307 Å². The molecule has 0 aliphatic carbocycles. The second-order valence-corrected chi connectivity index (χ2v) is 14.4. The van der Waals surface area contributed by atoms with Crippen LogP contribution in [0.5, 0.6) is 11.8 Å². The molecule has 5 atom stereocenters. The Morgan fingerprint density at radius 3 is 2.79 bits per heavy atom. The Balaban J connectivity index is 1.36. The summed E-state index contributed by atoms with van der Waals surface area (Å²) in [5, 5.41) is 4.60. The maximum Gasteiger partial charge on any atom is 0.319 e. The first-order valence-corrected chi connectivity index (χ1v) is 17.5. The number of terminal acetylenes is 1. The largest absolute Gasteiger partial charge is 0.468 e. The van der Waals surface area contributed by atoms with E-state index in [1.165, 1.54) is 32.2 Å². The molecule has 0 saturated carbocycles. The summed E-state index contributed by atoms with van der Waals surface area (Å²) in [5.41, 5.74) is -2.14. The van der Waals surface area contributed by atoms with Crippen molar-refractivity contribution in [2.24, 2.45) is 11.3 Å². The van der Waals surface area contributed by atoms with Crippen molar-refractivity contribution in [3.8, 4) is 35.4 Å². The summed E-state index contributed by atoms with van der Waals surface area (Å²) in [4.78, 5) is 17.2. The minimum absolute atomic E-state index is 0.0611. The number of piperazine rings is 1. The zero-order chi connectivity index (χ0) is 40.6. The third kappa shape index (κ3) is 5.98. The Hall–Kier alpha value is -4.25. The second kappa shape index (κ2) is 13.6. The SMILES string of the molecule is [2H]C([2H])([2H])N1CC[C@H](C(F)F)[C@](C)(C([2H])([2H])Oc2nc3c4c(nc(-c5cc(OCOC)cc6ccc(F)c(C#C)c56)c(F)c4n2)CCC[C@@H]2[C@@H]4CC[C@H](CN32)N4)C1. The van der Waals surface area contributed by atoms with E-state index in [0.717, 1.165) is 24.2 Å². The molecule has 4 aliphatic rings. The molecule has 9 nitrogen and oxygen atoms in total. The molecule has 2 aromatic carbocycles. The highest BCUT2D eigenvalue weighted by Crippen LogP contribution is 2.44. The third-order valence-electron chi connectivity index (χ3n) is 11.1. The molecule has 1 N–H and O–H groups in total. The summed E-state index contributed by atoms with van der Waals surface area (Å²) < 4.78 is 121. The van der Waals surface area contributed by atoms with E-state index in [1.54, 1.807) is 6.07 Å². The van der Waals surface area contributed by atoms with E-state index >= 15 is 8.78 Å². The number of rotatable bonds is 8. The highest BCUT2D eigenvalue weighted by atomic mass is 19.3. The average Bonchev–Trinajstić information content (AvgIpc) is 3.55. The topological polar surface area (TPSA) is 84.9 Å². The van der Waals surface area contributed by atoms with Gasteiger partial charge < -0.3 is 29.3 Å². The van der Waals surface area contributed by atoms with Crippen molar-refractivity contribution in [2.45, 2.75) is 70.0 Å². The normalized spacial score (nSPS) is 27.9. The van der Waals surface area contributed by atoms with Gasteiger partial charge in [-0.05, 0) is 75.6 Å². The van der Waals surface area contributed by atoms with Crippen LogP contribution in [0.4, 0.5) is 23.4 Å². The molecule has 0 amide bonds. The number of anilines is 1. The average molecular weight is 724 g/mol. The Bertz CT molecular complexity index is 2280. The van der Waals surface area contributed by atoms with Crippen LogP contribution in [0.25, 0.3) is 32.9 Å². The molecule has 0 unspecified atom stereocenters. The van der Waals surface area contributed by atoms with Crippen molar-refractivity contribution in [3.05, 3.63) is 47.2 Å². The van der Waals surface area contributed by atoms with Gasteiger partial charge in [0.25, 0.3) is 0 Å². The molecule has 8 rings (SSSR count). The lowest BCUT2D eigenvalue weighted by molar-refractivity contribution is -0.0679. The molecule has 4 aromatic rings. The molecule has 13 heteroatoms. The van der Waals surface area contributed by atoms with E-state index in [9.17, 15) is 11.5 Å². The first kappa shape index (κ1) is 29.2. The minimum atomic E-state index is -3.00. The Morgan fingerprint density at radius 2 is 2.00 bits per heavy atom. The van der Waals surface area contributed by atoms with Crippen molar-refractivity contribution < 1.29 is 38.6 Å². The molecular formula is C39H42F4N6O3. The lowest BCUT2D eigenvalue weighted by Crippen LogP contribution is -2.58. The van der Waals surface area contributed by atoms with Gasteiger partial charge in [0.1, 0.15) is 28.6 Å². The fourth-order valence-corrected chi connectivity index (χ4v) is 8.62. The van der Waals surface area contributed by atoms with E-state index in [4.69, 9.17) is 34.7 Å². The lowest BCUT2D eigenvalue weighted by atomic mass is 9.73. The van der Waals surface area contributed by atoms with Crippen molar-refractivity contribution in [1.82, 2.24) is 25.2 Å². The van der Waals surface area contributed by atoms with E-state index in [-0.39, 0.29) is 82.6 Å². The first-order chi connectivity index (χ1) is 27.0. The van der Waals surface area contributed by atoms with Gasteiger partial charge >= 0.3 is 6.01 Å².